The van der Waals surface area contributed by atoms with E-state index < -0.39 is 0 Å². The van der Waals surface area contributed by atoms with Crippen molar-refractivity contribution in [2.24, 2.45) is 0 Å². The van der Waals surface area contributed by atoms with E-state index in [1.54, 1.807) is 0 Å². The molecule has 4 nitrogen and oxygen atoms in total. The van der Waals surface area contributed by atoms with Gasteiger partial charge in [0.25, 0.3) is 0 Å². The number of aromatic amines is 1. The Morgan fingerprint density at radius 1 is 1.08 bits per heavy atom. The normalized spacial score (nSPS) is 16.3. The van der Waals surface area contributed by atoms with Gasteiger partial charge in [0.2, 0.25) is 0 Å². The fourth-order valence-electron chi connectivity index (χ4n) is 3.92. The number of rotatable bonds is 3. The summed E-state index contributed by atoms with van der Waals surface area (Å²) in [5, 5.41) is 7.84. The van der Waals surface area contributed by atoms with Crippen molar-refractivity contribution in [3.8, 4) is 17.0 Å². The fourth-order valence-corrected chi connectivity index (χ4v) is 3.92. The summed E-state index contributed by atoms with van der Waals surface area (Å²) in [5.41, 5.74) is 7.65. The second kappa shape index (κ2) is 6.05. The quantitative estimate of drug-likeness (QED) is 0.798. The smallest absolute Gasteiger partial charge is 0.122 e. The molecule has 1 N–H and O–H groups in total. The molecule has 2 aromatic carbocycles. The van der Waals surface area contributed by atoms with Gasteiger partial charge in [-0.2, -0.15) is 5.10 Å². The number of nitrogens with zero attached hydrogens (tertiary/aromatic N) is 2. The summed E-state index contributed by atoms with van der Waals surface area (Å²) in [7, 11) is 0. The Kier molecular flexibility index (Phi) is 3.56. The molecule has 0 aliphatic carbocycles. The van der Waals surface area contributed by atoms with Crippen molar-refractivity contribution in [1.29, 1.82) is 0 Å². The average Bonchev–Trinajstić information content (AvgIpc) is 3.28. The Balaban J connectivity index is 1.38. The van der Waals surface area contributed by atoms with Crippen LogP contribution in [0, 0.1) is 0 Å². The first-order valence-electron chi connectivity index (χ1n) is 8.95. The van der Waals surface area contributed by atoms with Crippen LogP contribution in [0.25, 0.3) is 11.3 Å². The van der Waals surface area contributed by atoms with E-state index >= 15 is 0 Å². The molecule has 0 spiro atoms. The van der Waals surface area contributed by atoms with Crippen molar-refractivity contribution in [2.75, 3.05) is 13.2 Å². The van der Waals surface area contributed by atoms with Crippen LogP contribution < -0.4 is 4.74 Å². The molecule has 0 radical (unpaired) electrons. The Morgan fingerprint density at radius 3 is 2.92 bits per heavy atom. The van der Waals surface area contributed by atoms with E-state index in [1.807, 2.05) is 6.07 Å². The summed E-state index contributed by atoms with van der Waals surface area (Å²) in [5.74, 6) is 1.06. The van der Waals surface area contributed by atoms with Crippen LogP contribution in [0.15, 0.2) is 48.5 Å². The summed E-state index contributed by atoms with van der Waals surface area (Å²) < 4.78 is 5.62. The van der Waals surface area contributed by atoms with Crippen LogP contribution in [-0.2, 0) is 25.9 Å². The van der Waals surface area contributed by atoms with Gasteiger partial charge in [-0.05, 0) is 17.2 Å². The third kappa shape index (κ3) is 2.72. The third-order valence-corrected chi connectivity index (χ3v) is 5.22. The Morgan fingerprint density at radius 2 is 2.00 bits per heavy atom. The van der Waals surface area contributed by atoms with Gasteiger partial charge >= 0.3 is 0 Å². The first-order valence-corrected chi connectivity index (χ1v) is 8.95. The molecular formula is C21H21N3O. The van der Waals surface area contributed by atoms with Crippen molar-refractivity contribution in [3.05, 3.63) is 70.9 Å². The van der Waals surface area contributed by atoms with Crippen LogP contribution in [0.1, 0.15) is 22.4 Å². The van der Waals surface area contributed by atoms with Gasteiger partial charge < -0.3 is 4.74 Å². The number of benzene rings is 2. The summed E-state index contributed by atoms with van der Waals surface area (Å²) in [4.78, 5) is 2.52. The van der Waals surface area contributed by atoms with E-state index in [0.717, 1.165) is 50.5 Å². The number of ether oxygens (including phenoxy) is 1. The number of nitrogens with one attached hydrogen (secondary N) is 1. The summed E-state index contributed by atoms with van der Waals surface area (Å²) in [6.45, 7) is 3.81. The highest BCUT2D eigenvalue weighted by molar-refractivity contribution is 5.64. The third-order valence-electron chi connectivity index (χ3n) is 5.22. The molecule has 5 rings (SSSR count). The lowest BCUT2D eigenvalue weighted by Gasteiger charge is -2.27. The van der Waals surface area contributed by atoms with Crippen LogP contribution in [0.4, 0.5) is 0 Å². The van der Waals surface area contributed by atoms with Gasteiger partial charge in [0.1, 0.15) is 5.75 Å². The standard InChI is InChI=1S/C21H21N3O/c1-2-4-16(5-3-1)21-18-14-24(10-8-19(18)22-23-21)13-15-6-7-20-17(12-15)9-11-25-20/h1-7,12H,8-11,13-14H2,(H,22,23). The number of fused-ring (bicyclic) bond motifs is 2. The van der Waals surface area contributed by atoms with E-state index in [9.17, 15) is 0 Å². The predicted molar refractivity (Wildman–Crippen MR) is 97.5 cm³/mol. The van der Waals surface area contributed by atoms with Gasteiger partial charge in [-0.15, -0.1) is 0 Å². The van der Waals surface area contributed by atoms with Gasteiger partial charge in [-0.1, -0.05) is 42.5 Å². The maximum atomic E-state index is 5.62. The highest BCUT2D eigenvalue weighted by Crippen LogP contribution is 2.30. The van der Waals surface area contributed by atoms with Gasteiger partial charge in [0.15, 0.2) is 0 Å². The summed E-state index contributed by atoms with van der Waals surface area (Å²) in [6, 6.07) is 17.1. The number of aromatic nitrogens is 2. The number of H-pyrrole nitrogens is 1. The molecule has 4 heteroatoms. The van der Waals surface area contributed by atoms with Crippen LogP contribution >= 0.6 is 0 Å². The molecular weight excluding hydrogens is 310 g/mol. The van der Waals surface area contributed by atoms with Crippen molar-refractivity contribution < 1.29 is 4.74 Å². The lowest BCUT2D eigenvalue weighted by atomic mass is 10.0. The lowest BCUT2D eigenvalue weighted by Crippen LogP contribution is -2.30. The molecule has 0 bridgehead atoms. The molecule has 3 aromatic rings. The SMILES string of the molecule is c1ccc(-c2n[nH]c3c2CN(Cc2ccc4c(c2)CCO4)CC3)cc1. The maximum Gasteiger partial charge on any atom is 0.122 e. The highest BCUT2D eigenvalue weighted by Gasteiger charge is 2.23. The predicted octanol–water partition coefficient (Wildman–Crippen LogP) is 3.57. The minimum Gasteiger partial charge on any atom is -0.493 e. The summed E-state index contributed by atoms with van der Waals surface area (Å²) in [6.07, 6.45) is 2.07. The molecule has 3 heterocycles. The Bertz CT molecular complexity index is 901. The zero-order valence-electron chi connectivity index (χ0n) is 14.2. The molecule has 0 saturated carbocycles. The summed E-state index contributed by atoms with van der Waals surface area (Å²) >= 11 is 0. The van der Waals surface area contributed by atoms with Gasteiger partial charge in [-0.25, -0.2) is 0 Å². The van der Waals surface area contributed by atoms with Crippen molar-refractivity contribution in [2.45, 2.75) is 25.9 Å². The molecule has 0 saturated heterocycles. The molecule has 25 heavy (non-hydrogen) atoms. The first kappa shape index (κ1) is 14.7. The Labute approximate surface area is 147 Å². The average molecular weight is 331 g/mol. The van der Waals surface area contributed by atoms with Crippen molar-refractivity contribution in [3.63, 3.8) is 0 Å². The van der Waals surface area contributed by atoms with Gasteiger partial charge in [0, 0.05) is 49.3 Å². The van der Waals surface area contributed by atoms with E-state index in [2.05, 4.69) is 57.6 Å². The number of hydrogen-bond donors (Lipinski definition) is 1. The molecule has 0 atom stereocenters. The zero-order chi connectivity index (χ0) is 16.6. The molecule has 126 valence electrons. The van der Waals surface area contributed by atoms with Crippen molar-refractivity contribution >= 4 is 0 Å². The number of hydrogen-bond acceptors (Lipinski definition) is 3. The molecule has 0 fully saturated rings. The fraction of sp³-hybridized carbons (Fsp3) is 0.286. The molecule has 0 unspecified atom stereocenters. The first-order chi connectivity index (χ1) is 12.4. The second-order valence-electron chi connectivity index (χ2n) is 6.90. The van der Waals surface area contributed by atoms with E-state index in [0.29, 0.717) is 0 Å². The Hall–Kier alpha value is -2.59. The minimum absolute atomic E-state index is 0.821. The highest BCUT2D eigenvalue weighted by atomic mass is 16.5. The zero-order valence-corrected chi connectivity index (χ0v) is 14.2. The van der Waals surface area contributed by atoms with E-state index in [4.69, 9.17) is 4.74 Å². The van der Waals surface area contributed by atoms with Crippen LogP contribution in [0.3, 0.4) is 0 Å². The topological polar surface area (TPSA) is 41.2 Å². The van der Waals surface area contributed by atoms with Crippen molar-refractivity contribution in [1.82, 2.24) is 15.1 Å². The largest absolute Gasteiger partial charge is 0.493 e. The minimum atomic E-state index is 0.821. The van der Waals surface area contributed by atoms with Gasteiger partial charge in [0.05, 0.1) is 12.3 Å². The van der Waals surface area contributed by atoms with Crippen LogP contribution in [0.2, 0.25) is 0 Å². The second-order valence-corrected chi connectivity index (χ2v) is 6.90. The lowest BCUT2D eigenvalue weighted by molar-refractivity contribution is 0.245. The molecule has 1 aromatic heterocycles. The molecule has 0 amide bonds. The van der Waals surface area contributed by atoms with Gasteiger partial charge in [-0.3, -0.25) is 10.00 Å². The molecule has 2 aliphatic rings. The van der Waals surface area contributed by atoms with Crippen LogP contribution in [-0.4, -0.2) is 28.2 Å². The van der Waals surface area contributed by atoms with E-state index in [1.165, 1.54) is 27.9 Å². The van der Waals surface area contributed by atoms with Crippen LogP contribution in [0.5, 0.6) is 5.75 Å². The van der Waals surface area contributed by atoms with E-state index in [-0.39, 0.29) is 0 Å². The molecule has 2 aliphatic heterocycles. The monoisotopic (exact) mass is 331 g/mol. The maximum absolute atomic E-state index is 5.62.